The first-order valence-electron chi connectivity index (χ1n) is 10.1. The standard InChI is InChI=1S/C26H24N2O2/c1-30-22-15-13-19(14-16-22)7-6-12-26(29)28-27-18-25-23-10-4-2-8-20(23)17-21-9-3-5-11-24(21)25/h2-5,8-11,13-18H,6-7,12H2,1H3,(H,28,29)/b27-18-. The second-order valence-corrected chi connectivity index (χ2v) is 7.23. The molecule has 0 saturated carbocycles. The lowest BCUT2D eigenvalue weighted by molar-refractivity contribution is -0.121. The van der Waals surface area contributed by atoms with Crippen molar-refractivity contribution in [2.45, 2.75) is 19.3 Å². The minimum Gasteiger partial charge on any atom is -0.497 e. The Morgan fingerprint density at radius 1 is 0.933 bits per heavy atom. The monoisotopic (exact) mass is 396 g/mol. The molecule has 0 bridgehead atoms. The molecule has 0 saturated heterocycles. The predicted molar refractivity (Wildman–Crippen MR) is 123 cm³/mol. The number of hydrogen-bond donors (Lipinski definition) is 1. The van der Waals surface area contributed by atoms with Crippen molar-refractivity contribution in [1.82, 2.24) is 5.43 Å². The van der Waals surface area contributed by atoms with Gasteiger partial charge in [0.2, 0.25) is 5.91 Å². The zero-order valence-corrected chi connectivity index (χ0v) is 17.0. The molecule has 0 aliphatic rings. The van der Waals surface area contributed by atoms with E-state index in [0.29, 0.717) is 6.42 Å². The molecule has 0 aromatic heterocycles. The number of hydrogen-bond acceptors (Lipinski definition) is 3. The van der Waals surface area contributed by atoms with Crippen molar-refractivity contribution >= 4 is 33.7 Å². The summed E-state index contributed by atoms with van der Waals surface area (Å²) >= 11 is 0. The molecule has 0 fully saturated rings. The Balaban J connectivity index is 1.41. The number of nitrogens with one attached hydrogen (secondary N) is 1. The number of aryl methyl sites for hydroxylation is 1. The molecule has 4 nitrogen and oxygen atoms in total. The number of fused-ring (bicyclic) bond motifs is 2. The van der Waals surface area contributed by atoms with E-state index < -0.39 is 0 Å². The van der Waals surface area contributed by atoms with E-state index >= 15 is 0 Å². The van der Waals surface area contributed by atoms with E-state index in [2.05, 4.69) is 40.9 Å². The smallest absolute Gasteiger partial charge is 0.240 e. The summed E-state index contributed by atoms with van der Waals surface area (Å²) in [5, 5.41) is 8.80. The van der Waals surface area contributed by atoms with Gasteiger partial charge in [-0.2, -0.15) is 5.10 Å². The van der Waals surface area contributed by atoms with Gasteiger partial charge in [-0.25, -0.2) is 5.43 Å². The van der Waals surface area contributed by atoms with Gasteiger partial charge in [0.25, 0.3) is 0 Å². The van der Waals surface area contributed by atoms with E-state index in [4.69, 9.17) is 4.74 Å². The van der Waals surface area contributed by atoms with Crippen LogP contribution >= 0.6 is 0 Å². The Hall–Kier alpha value is -3.66. The number of hydrazone groups is 1. The minimum absolute atomic E-state index is 0.0793. The van der Waals surface area contributed by atoms with Crippen molar-refractivity contribution in [3.63, 3.8) is 0 Å². The SMILES string of the molecule is COc1ccc(CCCC(=O)N/N=C\c2c3ccccc3cc3ccccc23)cc1. The summed E-state index contributed by atoms with van der Waals surface area (Å²) in [6.45, 7) is 0. The van der Waals surface area contributed by atoms with Crippen molar-refractivity contribution < 1.29 is 9.53 Å². The van der Waals surface area contributed by atoms with E-state index in [0.717, 1.165) is 45.7 Å². The fourth-order valence-corrected chi connectivity index (χ4v) is 3.66. The molecule has 4 aromatic rings. The van der Waals surface area contributed by atoms with E-state index in [1.807, 2.05) is 48.5 Å². The molecule has 0 atom stereocenters. The second kappa shape index (κ2) is 9.23. The van der Waals surface area contributed by atoms with E-state index in [1.165, 1.54) is 5.56 Å². The number of carbonyl (C=O) groups is 1. The van der Waals surface area contributed by atoms with Crippen molar-refractivity contribution in [3.05, 3.63) is 90.0 Å². The number of carbonyl (C=O) groups excluding carboxylic acids is 1. The van der Waals surface area contributed by atoms with Gasteiger partial charge in [0.05, 0.1) is 13.3 Å². The van der Waals surface area contributed by atoms with Crippen LogP contribution in [0.5, 0.6) is 5.75 Å². The normalized spacial score (nSPS) is 11.2. The third-order valence-corrected chi connectivity index (χ3v) is 5.22. The molecule has 1 amide bonds. The minimum atomic E-state index is -0.0793. The number of rotatable bonds is 7. The predicted octanol–water partition coefficient (Wildman–Crippen LogP) is 5.47. The van der Waals surface area contributed by atoms with Gasteiger partial charge in [-0.15, -0.1) is 0 Å². The molecular weight excluding hydrogens is 372 g/mol. The van der Waals surface area contributed by atoms with Crippen LogP contribution in [0.4, 0.5) is 0 Å². The first-order chi connectivity index (χ1) is 14.7. The molecule has 4 rings (SSSR count). The first kappa shape index (κ1) is 19.6. The lowest BCUT2D eigenvalue weighted by atomic mass is 9.97. The molecule has 0 radical (unpaired) electrons. The van der Waals surface area contributed by atoms with Gasteiger partial charge in [0.15, 0.2) is 0 Å². The summed E-state index contributed by atoms with van der Waals surface area (Å²) < 4.78 is 5.17. The summed E-state index contributed by atoms with van der Waals surface area (Å²) in [5.41, 5.74) is 4.88. The van der Waals surface area contributed by atoms with Gasteiger partial charge in [-0.1, -0.05) is 60.7 Å². The molecule has 0 aliphatic carbocycles. The fraction of sp³-hybridized carbons (Fsp3) is 0.154. The molecule has 1 N–H and O–H groups in total. The van der Waals surface area contributed by atoms with Crippen LogP contribution in [-0.2, 0) is 11.2 Å². The van der Waals surface area contributed by atoms with Gasteiger partial charge >= 0.3 is 0 Å². The third kappa shape index (κ3) is 4.49. The Kier molecular flexibility index (Phi) is 6.04. The average molecular weight is 396 g/mol. The topological polar surface area (TPSA) is 50.7 Å². The number of benzene rings is 4. The van der Waals surface area contributed by atoms with E-state index in [9.17, 15) is 4.79 Å². The molecule has 0 spiro atoms. The molecule has 30 heavy (non-hydrogen) atoms. The number of ether oxygens (including phenoxy) is 1. The van der Waals surface area contributed by atoms with Crippen molar-refractivity contribution in [1.29, 1.82) is 0 Å². The molecule has 0 unspecified atom stereocenters. The van der Waals surface area contributed by atoms with Crippen molar-refractivity contribution in [2.24, 2.45) is 5.10 Å². The van der Waals surface area contributed by atoms with Crippen LogP contribution in [0, 0.1) is 0 Å². The Bertz CT molecular complexity index is 1140. The molecule has 4 aromatic carbocycles. The van der Waals surface area contributed by atoms with E-state index in [-0.39, 0.29) is 5.91 Å². The van der Waals surface area contributed by atoms with Gasteiger partial charge in [-0.3, -0.25) is 4.79 Å². The summed E-state index contributed by atoms with van der Waals surface area (Å²) in [6, 6.07) is 26.6. The summed E-state index contributed by atoms with van der Waals surface area (Å²) in [4.78, 5) is 12.2. The molecule has 0 aliphatic heterocycles. The van der Waals surface area contributed by atoms with Crippen molar-refractivity contribution in [2.75, 3.05) is 7.11 Å². The third-order valence-electron chi connectivity index (χ3n) is 5.22. The Morgan fingerprint density at radius 2 is 1.57 bits per heavy atom. The zero-order chi connectivity index (χ0) is 20.8. The molecule has 0 heterocycles. The highest BCUT2D eigenvalue weighted by Crippen LogP contribution is 2.27. The van der Waals surface area contributed by atoms with Gasteiger partial charge in [0.1, 0.15) is 5.75 Å². The summed E-state index contributed by atoms with van der Waals surface area (Å²) in [6.07, 6.45) is 3.80. The average Bonchev–Trinajstić information content (AvgIpc) is 2.79. The van der Waals surface area contributed by atoms with Crippen LogP contribution in [0.2, 0.25) is 0 Å². The van der Waals surface area contributed by atoms with Gasteiger partial charge in [-0.05, 0) is 58.1 Å². The highest BCUT2D eigenvalue weighted by molar-refractivity contribution is 6.13. The van der Waals surface area contributed by atoms with Crippen molar-refractivity contribution in [3.8, 4) is 5.75 Å². The fourth-order valence-electron chi connectivity index (χ4n) is 3.66. The second-order valence-electron chi connectivity index (χ2n) is 7.23. The maximum absolute atomic E-state index is 12.2. The highest BCUT2D eigenvalue weighted by Gasteiger charge is 2.06. The zero-order valence-electron chi connectivity index (χ0n) is 17.0. The molecular formula is C26H24N2O2. The summed E-state index contributed by atoms with van der Waals surface area (Å²) in [5.74, 6) is 0.760. The quantitative estimate of drug-likeness (QED) is 0.256. The molecule has 4 heteroatoms. The maximum atomic E-state index is 12.2. The van der Waals surface area contributed by atoms with E-state index in [1.54, 1.807) is 13.3 Å². The Labute approximate surface area is 176 Å². The van der Waals surface area contributed by atoms with Crippen LogP contribution in [0.3, 0.4) is 0 Å². The number of nitrogens with zero attached hydrogens (tertiary/aromatic N) is 1. The van der Waals surface area contributed by atoms with Gasteiger partial charge < -0.3 is 4.74 Å². The number of amides is 1. The van der Waals surface area contributed by atoms with Crippen LogP contribution in [0.1, 0.15) is 24.0 Å². The van der Waals surface area contributed by atoms with Crippen LogP contribution in [0.15, 0.2) is 84.0 Å². The van der Waals surface area contributed by atoms with Gasteiger partial charge in [0, 0.05) is 12.0 Å². The van der Waals surface area contributed by atoms with Crippen LogP contribution in [0.25, 0.3) is 21.5 Å². The number of methoxy groups -OCH3 is 1. The highest BCUT2D eigenvalue weighted by atomic mass is 16.5. The Morgan fingerprint density at radius 3 is 2.20 bits per heavy atom. The molecule has 150 valence electrons. The maximum Gasteiger partial charge on any atom is 0.240 e. The van der Waals surface area contributed by atoms with Crippen LogP contribution < -0.4 is 10.2 Å². The van der Waals surface area contributed by atoms with Crippen LogP contribution in [-0.4, -0.2) is 19.2 Å². The summed E-state index contributed by atoms with van der Waals surface area (Å²) in [7, 11) is 1.65. The lowest BCUT2D eigenvalue weighted by Crippen LogP contribution is -2.17. The largest absolute Gasteiger partial charge is 0.497 e. The first-order valence-corrected chi connectivity index (χ1v) is 10.1. The lowest BCUT2D eigenvalue weighted by Gasteiger charge is -2.08.